The molecule has 9 heteroatoms. The molecule has 0 fully saturated rings. The van der Waals surface area contributed by atoms with Gasteiger partial charge in [-0.15, -0.1) is 0 Å². The van der Waals surface area contributed by atoms with Crippen LogP contribution in [0.1, 0.15) is 37.0 Å². The molecular weight excluding hydrogens is 522 g/mol. The standard InChI is InChI=1S/C29H34ClN3O4S/c1-5-27(29(35)31-6-2)32(19-23-12-14-24(30)15-13-23)28(34)20-33(25-9-7-8-22(4)18-25)38(36,37)26-16-10-21(3)11-17-26/h7-18,27H,5-6,19-20H2,1-4H3,(H,31,35). The summed E-state index contributed by atoms with van der Waals surface area (Å²) in [5.41, 5.74) is 2.92. The van der Waals surface area contributed by atoms with Crippen molar-refractivity contribution in [2.24, 2.45) is 0 Å². The second-order valence-corrected chi connectivity index (χ2v) is 11.4. The lowest BCUT2D eigenvalue weighted by atomic mass is 10.1. The predicted molar refractivity (Wildman–Crippen MR) is 152 cm³/mol. The van der Waals surface area contributed by atoms with E-state index in [-0.39, 0.29) is 17.3 Å². The number of amides is 2. The summed E-state index contributed by atoms with van der Waals surface area (Å²) in [7, 11) is -4.09. The summed E-state index contributed by atoms with van der Waals surface area (Å²) in [4.78, 5) is 28.4. The first-order valence-electron chi connectivity index (χ1n) is 12.5. The Morgan fingerprint density at radius 1 is 0.921 bits per heavy atom. The summed E-state index contributed by atoms with van der Waals surface area (Å²) in [6.07, 6.45) is 0.361. The Hall–Kier alpha value is -3.36. The number of hydrogen-bond acceptors (Lipinski definition) is 4. The van der Waals surface area contributed by atoms with Gasteiger partial charge >= 0.3 is 0 Å². The van der Waals surface area contributed by atoms with Crippen LogP contribution in [0.3, 0.4) is 0 Å². The minimum atomic E-state index is -4.09. The summed E-state index contributed by atoms with van der Waals surface area (Å²) in [5, 5.41) is 3.35. The van der Waals surface area contributed by atoms with Crippen molar-refractivity contribution in [2.45, 2.75) is 51.6 Å². The minimum absolute atomic E-state index is 0.0809. The van der Waals surface area contributed by atoms with E-state index in [1.165, 1.54) is 17.0 Å². The third-order valence-electron chi connectivity index (χ3n) is 6.18. The van der Waals surface area contributed by atoms with Crippen LogP contribution in [0.4, 0.5) is 5.69 Å². The van der Waals surface area contributed by atoms with Gasteiger partial charge in [-0.25, -0.2) is 8.42 Å². The van der Waals surface area contributed by atoms with Crippen LogP contribution in [0.25, 0.3) is 0 Å². The van der Waals surface area contributed by atoms with Crippen LogP contribution < -0.4 is 9.62 Å². The second kappa shape index (κ2) is 12.9. The number of sulfonamides is 1. The molecule has 1 unspecified atom stereocenters. The largest absolute Gasteiger partial charge is 0.355 e. The van der Waals surface area contributed by atoms with Gasteiger partial charge in [-0.3, -0.25) is 13.9 Å². The van der Waals surface area contributed by atoms with E-state index < -0.39 is 28.5 Å². The van der Waals surface area contributed by atoms with E-state index in [4.69, 9.17) is 11.6 Å². The van der Waals surface area contributed by atoms with Gasteiger partial charge in [-0.2, -0.15) is 0 Å². The van der Waals surface area contributed by atoms with Crippen molar-refractivity contribution in [1.82, 2.24) is 10.2 Å². The lowest BCUT2D eigenvalue weighted by Crippen LogP contribution is -2.52. The predicted octanol–water partition coefficient (Wildman–Crippen LogP) is 5.10. The van der Waals surface area contributed by atoms with Gasteiger partial charge in [-0.1, -0.05) is 60.5 Å². The van der Waals surface area contributed by atoms with Crippen LogP contribution in [0, 0.1) is 13.8 Å². The molecule has 3 rings (SSSR count). The van der Waals surface area contributed by atoms with E-state index in [0.717, 1.165) is 21.0 Å². The molecule has 0 aliphatic rings. The minimum Gasteiger partial charge on any atom is -0.355 e. The Morgan fingerprint density at radius 2 is 1.58 bits per heavy atom. The number of aryl methyl sites for hydroxylation is 2. The van der Waals surface area contributed by atoms with Crippen molar-refractivity contribution >= 4 is 39.1 Å². The van der Waals surface area contributed by atoms with Crippen LogP contribution in [0.15, 0.2) is 77.7 Å². The van der Waals surface area contributed by atoms with Crippen molar-refractivity contribution in [3.63, 3.8) is 0 Å². The topological polar surface area (TPSA) is 86.8 Å². The molecule has 0 spiro atoms. The Labute approximate surface area is 230 Å². The van der Waals surface area contributed by atoms with Gasteiger partial charge < -0.3 is 10.2 Å². The van der Waals surface area contributed by atoms with E-state index in [1.807, 2.05) is 33.8 Å². The molecule has 0 saturated carbocycles. The monoisotopic (exact) mass is 555 g/mol. The first-order valence-corrected chi connectivity index (χ1v) is 14.4. The molecule has 202 valence electrons. The molecule has 0 heterocycles. The Kier molecular flexibility index (Phi) is 9.94. The van der Waals surface area contributed by atoms with Gasteiger partial charge in [0, 0.05) is 18.1 Å². The molecule has 0 saturated heterocycles. The number of hydrogen-bond donors (Lipinski definition) is 1. The van der Waals surface area contributed by atoms with Gasteiger partial charge in [0.25, 0.3) is 10.0 Å². The Balaban J connectivity index is 2.05. The zero-order valence-corrected chi connectivity index (χ0v) is 23.7. The maximum Gasteiger partial charge on any atom is 0.264 e. The third kappa shape index (κ3) is 7.14. The number of benzene rings is 3. The van der Waals surface area contributed by atoms with Crippen LogP contribution in [-0.2, 0) is 26.2 Å². The van der Waals surface area contributed by atoms with Crippen molar-refractivity contribution in [3.05, 3.63) is 94.5 Å². The van der Waals surface area contributed by atoms with E-state index in [1.54, 1.807) is 54.6 Å². The molecule has 38 heavy (non-hydrogen) atoms. The van der Waals surface area contributed by atoms with Crippen LogP contribution >= 0.6 is 11.6 Å². The number of rotatable bonds is 11. The van der Waals surface area contributed by atoms with Gasteiger partial charge in [0.15, 0.2) is 0 Å². The number of halogens is 1. The first-order chi connectivity index (χ1) is 18.1. The van der Waals surface area contributed by atoms with Crippen molar-refractivity contribution in [2.75, 3.05) is 17.4 Å². The summed E-state index contributed by atoms with van der Waals surface area (Å²) in [6.45, 7) is 7.43. The number of nitrogens with zero attached hydrogens (tertiary/aromatic N) is 2. The number of carbonyl (C=O) groups is 2. The highest BCUT2D eigenvalue weighted by molar-refractivity contribution is 7.92. The highest BCUT2D eigenvalue weighted by atomic mass is 35.5. The average molecular weight is 556 g/mol. The fourth-order valence-electron chi connectivity index (χ4n) is 4.15. The van der Waals surface area contributed by atoms with Crippen LogP contribution in [-0.4, -0.2) is 44.3 Å². The zero-order chi connectivity index (χ0) is 27.9. The van der Waals surface area contributed by atoms with Crippen LogP contribution in [0.5, 0.6) is 0 Å². The van der Waals surface area contributed by atoms with Gasteiger partial charge in [-0.05, 0) is 74.7 Å². The molecule has 0 aliphatic carbocycles. The number of anilines is 1. The molecule has 7 nitrogen and oxygen atoms in total. The fourth-order valence-corrected chi connectivity index (χ4v) is 5.68. The number of likely N-dealkylation sites (N-methyl/N-ethyl adjacent to an activating group) is 1. The normalized spacial score (nSPS) is 12.0. The van der Waals surface area contributed by atoms with Gasteiger partial charge in [0.2, 0.25) is 11.8 Å². The lowest BCUT2D eigenvalue weighted by Gasteiger charge is -2.33. The number of carbonyl (C=O) groups excluding carboxylic acids is 2. The summed E-state index contributed by atoms with van der Waals surface area (Å²) in [5.74, 6) is -0.781. The van der Waals surface area contributed by atoms with Crippen molar-refractivity contribution in [3.8, 4) is 0 Å². The van der Waals surface area contributed by atoms with E-state index in [9.17, 15) is 18.0 Å². The maximum absolute atomic E-state index is 13.9. The van der Waals surface area contributed by atoms with E-state index in [2.05, 4.69) is 5.32 Å². The third-order valence-corrected chi connectivity index (χ3v) is 8.22. The number of nitrogens with one attached hydrogen (secondary N) is 1. The quantitative estimate of drug-likeness (QED) is 0.357. The van der Waals surface area contributed by atoms with Crippen molar-refractivity contribution < 1.29 is 18.0 Å². The first kappa shape index (κ1) is 29.2. The summed E-state index contributed by atoms with van der Waals surface area (Å²) >= 11 is 6.04. The van der Waals surface area contributed by atoms with Gasteiger partial charge in [0.05, 0.1) is 10.6 Å². The average Bonchev–Trinajstić information content (AvgIpc) is 2.88. The Bertz CT molecular complexity index is 1360. The lowest BCUT2D eigenvalue weighted by molar-refractivity contribution is -0.140. The van der Waals surface area contributed by atoms with Gasteiger partial charge in [0.1, 0.15) is 12.6 Å². The molecule has 0 aliphatic heterocycles. The molecular formula is C29H34ClN3O4S. The maximum atomic E-state index is 13.9. The highest BCUT2D eigenvalue weighted by Gasteiger charge is 2.33. The molecule has 2 amide bonds. The van der Waals surface area contributed by atoms with Crippen LogP contribution in [0.2, 0.25) is 5.02 Å². The smallest absolute Gasteiger partial charge is 0.264 e. The van der Waals surface area contributed by atoms with E-state index in [0.29, 0.717) is 23.7 Å². The molecule has 3 aromatic carbocycles. The SMILES string of the molecule is CCNC(=O)C(CC)N(Cc1ccc(Cl)cc1)C(=O)CN(c1cccc(C)c1)S(=O)(=O)c1ccc(C)cc1. The van der Waals surface area contributed by atoms with E-state index >= 15 is 0 Å². The summed E-state index contributed by atoms with van der Waals surface area (Å²) in [6, 6.07) is 19.7. The Morgan fingerprint density at radius 3 is 2.16 bits per heavy atom. The fraction of sp³-hybridized carbons (Fsp3) is 0.310. The molecule has 0 radical (unpaired) electrons. The molecule has 0 aromatic heterocycles. The zero-order valence-electron chi connectivity index (χ0n) is 22.1. The molecule has 1 atom stereocenters. The molecule has 1 N–H and O–H groups in total. The highest BCUT2D eigenvalue weighted by Crippen LogP contribution is 2.26. The molecule has 0 bridgehead atoms. The van der Waals surface area contributed by atoms with Crippen molar-refractivity contribution in [1.29, 1.82) is 0 Å². The summed E-state index contributed by atoms with van der Waals surface area (Å²) < 4.78 is 28.8. The second-order valence-electron chi connectivity index (χ2n) is 9.13. The molecule has 3 aromatic rings.